The Labute approximate surface area is 192 Å². The molecule has 4 rings (SSSR count). The minimum Gasteiger partial charge on any atom is -0.444 e. The number of rotatable bonds is 4. The van der Waals surface area contributed by atoms with E-state index in [-0.39, 0.29) is 18.3 Å². The molecule has 0 spiro atoms. The van der Waals surface area contributed by atoms with Gasteiger partial charge in [0.1, 0.15) is 11.1 Å². The summed E-state index contributed by atoms with van der Waals surface area (Å²) in [6.07, 6.45) is 2.03. The SMILES string of the molecule is [C-]#[N+]c1ccccc1Cn1c(=O)n(C)c2nccc(N3CC[C@@H](NC(=O)OC(C)(C)C)C3)c21. The second kappa shape index (κ2) is 8.62. The number of carbonyl (C=O) groups excluding carboxylic acids is 1. The Morgan fingerprint density at radius 2 is 2.06 bits per heavy atom. The highest BCUT2D eigenvalue weighted by atomic mass is 16.6. The third-order valence-electron chi connectivity index (χ3n) is 5.68. The lowest BCUT2D eigenvalue weighted by Crippen LogP contribution is -2.40. The van der Waals surface area contributed by atoms with Gasteiger partial charge in [-0.15, -0.1) is 0 Å². The van der Waals surface area contributed by atoms with Crippen LogP contribution in [0.1, 0.15) is 32.8 Å². The van der Waals surface area contributed by atoms with Crippen LogP contribution in [0.5, 0.6) is 0 Å². The molecule has 0 bridgehead atoms. The molecular weight excluding hydrogens is 420 g/mol. The molecule has 1 N–H and O–H groups in total. The lowest BCUT2D eigenvalue weighted by Gasteiger charge is -2.23. The van der Waals surface area contributed by atoms with E-state index in [1.54, 1.807) is 23.9 Å². The first-order valence-corrected chi connectivity index (χ1v) is 10.9. The van der Waals surface area contributed by atoms with Crippen molar-refractivity contribution in [2.45, 2.75) is 45.4 Å². The molecule has 1 fully saturated rings. The Hall–Kier alpha value is -3.80. The van der Waals surface area contributed by atoms with Gasteiger partial charge in [0.05, 0.1) is 18.3 Å². The van der Waals surface area contributed by atoms with E-state index in [0.29, 0.717) is 17.9 Å². The first kappa shape index (κ1) is 22.4. The fourth-order valence-electron chi connectivity index (χ4n) is 4.20. The van der Waals surface area contributed by atoms with Crippen LogP contribution in [-0.4, -0.2) is 44.9 Å². The van der Waals surface area contributed by atoms with Crippen LogP contribution in [0, 0.1) is 6.57 Å². The molecule has 1 amide bonds. The molecule has 9 heteroatoms. The number of ether oxygens (including phenoxy) is 1. The van der Waals surface area contributed by atoms with E-state index < -0.39 is 11.7 Å². The normalized spacial score (nSPS) is 16.1. The molecule has 1 aromatic carbocycles. The van der Waals surface area contributed by atoms with E-state index in [1.165, 1.54) is 4.57 Å². The number of hydrogen-bond donors (Lipinski definition) is 1. The molecule has 0 aliphatic carbocycles. The number of para-hydroxylation sites is 1. The summed E-state index contributed by atoms with van der Waals surface area (Å²) in [4.78, 5) is 35.5. The number of anilines is 1. The van der Waals surface area contributed by atoms with Crippen molar-refractivity contribution in [3.8, 4) is 0 Å². The van der Waals surface area contributed by atoms with Gasteiger partial charge in [0.25, 0.3) is 0 Å². The summed E-state index contributed by atoms with van der Waals surface area (Å²) in [5.41, 5.74) is 2.75. The fourth-order valence-corrected chi connectivity index (χ4v) is 4.20. The molecule has 0 saturated carbocycles. The number of alkyl carbamates (subject to hydrolysis) is 1. The van der Waals surface area contributed by atoms with Crippen LogP contribution in [0.2, 0.25) is 0 Å². The van der Waals surface area contributed by atoms with Crippen LogP contribution >= 0.6 is 0 Å². The average Bonchev–Trinajstić information content (AvgIpc) is 3.31. The summed E-state index contributed by atoms with van der Waals surface area (Å²) in [7, 11) is 1.70. The standard InChI is InChI=1S/C24H28N6O3/c1-24(2,3)33-22(31)27-17-11-13-29(15-17)19-10-12-26-21-20(19)30(23(32)28(21)5)14-16-8-6-7-9-18(16)25-4/h6-10,12,17H,11,13-15H2,1-3,5H3,(H,27,31)/t17-/m1/s1. The molecule has 1 aliphatic heterocycles. The Morgan fingerprint density at radius 3 is 2.79 bits per heavy atom. The molecule has 0 radical (unpaired) electrons. The maximum Gasteiger partial charge on any atom is 0.407 e. The molecule has 0 unspecified atom stereocenters. The molecule has 2 aromatic heterocycles. The number of amides is 1. The zero-order valence-corrected chi connectivity index (χ0v) is 19.3. The highest BCUT2D eigenvalue weighted by Crippen LogP contribution is 2.29. The predicted octanol–water partition coefficient (Wildman–Crippen LogP) is 3.44. The van der Waals surface area contributed by atoms with Crippen LogP contribution in [0.15, 0.2) is 41.3 Å². The van der Waals surface area contributed by atoms with E-state index in [9.17, 15) is 9.59 Å². The average molecular weight is 449 g/mol. The summed E-state index contributed by atoms with van der Waals surface area (Å²) in [6.45, 7) is 14.6. The van der Waals surface area contributed by atoms with Crippen molar-refractivity contribution in [3.05, 3.63) is 64.0 Å². The van der Waals surface area contributed by atoms with Crippen LogP contribution in [0.3, 0.4) is 0 Å². The molecule has 1 aliphatic rings. The van der Waals surface area contributed by atoms with E-state index in [2.05, 4.69) is 20.0 Å². The molecule has 3 aromatic rings. The van der Waals surface area contributed by atoms with Gasteiger partial charge in [0, 0.05) is 32.9 Å². The number of nitrogens with one attached hydrogen (secondary N) is 1. The Kier molecular flexibility index (Phi) is 5.85. The summed E-state index contributed by atoms with van der Waals surface area (Å²) >= 11 is 0. The number of imidazole rings is 1. The maximum atomic E-state index is 13.1. The van der Waals surface area contributed by atoms with E-state index >= 15 is 0 Å². The van der Waals surface area contributed by atoms with Gasteiger partial charge in [-0.3, -0.25) is 9.13 Å². The number of hydrogen-bond acceptors (Lipinski definition) is 5. The lowest BCUT2D eigenvalue weighted by molar-refractivity contribution is 0.0509. The molecule has 9 nitrogen and oxygen atoms in total. The predicted molar refractivity (Wildman–Crippen MR) is 127 cm³/mol. The molecule has 1 atom stereocenters. The second-order valence-corrected chi connectivity index (χ2v) is 9.25. The van der Waals surface area contributed by atoms with Crippen LogP contribution < -0.4 is 15.9 Å². The number of fused-ring (bicyclic) bond motifs is 1. The Morgan fingerprint density at radius 1 is 1.30 bits per heavy atom. The second-order valence-electron chi connectivity index (χ2n) is 9.25. The van der Waals surface area contributed by atoms with Gasteiger partial charge in [-0.05, 0) is 38.8 Å². The number of pyridine rings is 1. The topological polar surface area (TPSA) is 85.8 Å². The summed E-state index contributed by atoms with van der Waals surface area (Å²) in [5.74, 6) is 0. The van der Waals surface area contributed by atoms with Crippen LogP contribution in [0.25, 0.3) is 16.0 Å². The number of benzene rings is 1. The third-order valence-corrected chi connectivity index (χ3v) is 5.68. The van der Waals surface area contributed by atoms with E-state index in [4.69, 9.17) is 11.3 Å². The quantitative estimate of drug-likeness (QED) is 0.618. The van der Waals surface area contributed by atoms with Gasteiger partial charge in [0.2, 0.25) is 0 Å². The van der Waals surface area contributed by atoms with Gasteiger partial charge in [-0.2, -0.15) is 0 Å². The minimum absolute atomic E-state index is 0.0604. The number of carbonyl (C=O) groups is 1. The Bertz CT molecular complexity index is 1290. The third kappa shape index (κ3) is 4.55. The van der Waals surface area contributed by atoms with Crippen molar-refractivity contribution in [3.63, 3.8) is 0 Å². The highest BCUT2D eigenvalue weighted by Gasteiger charge is 2.29. The van der Waals surface area contributed by atoms with Crippen molar-refractivity contribution in [2.75, 3.05) is 18.0 Å². The van der Waals surface area contributed by atoms with Crippen LogP contribution in [0.4, 0.5) is 16.2 Å². The zero-order valence-electron chi connectivity index (χ0n) is 19.3. The largest absolute Gasteiger partial charge is 0.444 e. The maximum absolute atomic E-state index is 13.1. The van der Waals surface area contributed by atoms with Crippen molar-refractivity contribution in [1.82, 2.24) is 19.4 Å². The van der Waals surface area contributed by atoms with Gasteiger partial charge in [-0.25, -0.2) is 19.4 Å². The zero-order chi connectivity index (χ0) is 23.8. The number of aryl methyl sites for hydroxylation is 1. The molecule has 1 saturated heterocycles. The van der Waals surface area contributed by atoms with E-state index in [1.807, 2.05) is 45.0 Å². The fraction of sp³-hybridized carbons (Fsp3) is 0.417. The number of nitrogens with zero attached hydrogens (tertiary/aromatic N) is 5. The van der Waals surface area contributed by atoms with Gasteiger partial charge >= 0.3 is 11.8 Å². The summed E-state index contributed by atoms with van der Waals surface area (Å²) < 4.78 is 8.60. The number of aromatic nitrogens is 3. The van der Waals surface area contributed by atoms with Gasteiger partial charge in [-0.1, -0.05) is 24.3 Å². The van der Waals surface area contributed by atoms with Crippen molar-refractivity contribution < 1.29 is 9.53 Å². The molecule has 3 heterocycles. The van der Waals surface area contributed by atoms with Crippen molar-refractivity contribution in [1.29, 1.82) is 0 Å². The molecule has 33 heavy (non-hydrogen) atoms. The van der Waals surface area contributed by atoms with Crippen molar-refractivity contribution in [2.24, 2.45) is 7.05 Å². The Balaban J connectivity index is 1.66. The monoisotopic (exact) mass is 448 g/mol. The van der Waals surface area contributed by atoms with Gasteiger partial charge in [0.15, 0.2) is 11.3 Å². The first-order valence-electron chi connectivity index (χ1n) is 10.9. The molecule has 172 valence electrons. The van der Waals surface area contributed by atoms with Crippen molar-refractivity contribution >= 4 is 28.6 Å². The van der Waals surface area contributed by atoms with E-state index in [0.717, 1.165) is 29.7 Å². The summed E-state index contributed by atoms with van der Waals surface area (Å²) in [5, 5.41) is 2.94. The van der Waals surface area contributed by atoms with Crippen LogP contribution in [-0.2, 0) is 18.3 Å². The van der Waals surface area contributed by atoms with Gasteiger partial charge < -0.3 is 15.0 Å². The smallest absolute Gasteiger partial charge is 0.407 e. The lowest BCUT2D eigenvalue weighted by atomic mass is 10.2. The highest BCUT2D eigenvalue weighted by molar-refractivity contribution is 5.87. The molecular formula is C24H28N6O3. The summed E-state index contributed by atoms with van der Waals surface area (Å²) in [6, 6.07) is 9.14. The first-order chi connectivity index (χ1) is 15.7. The minimum atomic E-state index is -0.554.